The number of hydrogen-bond acceptors (Lipinski definition) is 2. The number of aromatic hydroxyl groups is 2. The zero-order valence-electron chi connectivity index (χ0n) is 11.9. The molecule has 0 unspecified atom stereocenters. The largest absolute Gasteiger partial charge is 0.508 e. The van der Waals surface area contributed by atoms with E-state index < -0.39 is 0 Å². The monoisotopic (exact) mass is 308 g/mol. The number of halogens is 1. The van der Waals surface area contributed by atoms with Crippen molar-refractivity contribution in [3.63, 3.8) is 0 Å². The smallest absolute Gasteiger partial charge is 0.131 e. The molecule has 0 aliphatic heterocycles. The summed E-state index contributed by atoms with van der Waals surface area (Å²) >= 11 is 5.94. The Morgan fingerprint density at radius 3 is 2.50 bits per heavy atom. The molecule has 0 saturated heterocycles. The summed E-state index contributed by atoms with van der Waals surface area (Å²) in [5.41, 5.74) is 2.39. The van der Waals surface area contributed by atoms with Gasteiger partial charge in [-0.15, -0.1) is 0 Å². The van der Waals surface area contributed by atoms with Gasteiger partial charge in [0.15, 0.2) is 0 Å². The van der Waals surface area contributed by atoms with E-state index in [-0.39, 0.29) is 11.5 Å². The van der Waals surface area contributed by atoms with Crippen LogP contribution in [0, 0.1) is 18.8 Å². The summed E-state index contributed by atoms with van der Waals surface area (Å²) in [6.45, 7) is 1.94. The van der Waals surface area contributed by atoms with Crippen molar-refractivity contribution in [2.24, 2.45) is 0 Å². The minimum absolute atomic E-state index is 0.123. The zero-order chi connectivity index (χ0) is 15.7. The van der Waals surface area contributed by atoms with Gasteiger partial charge in [0.1, 0.15) is 11.5 Å². The van der Waals surface area contributed by atoms with Gasteiger partial charge in [0.25, 0.3) is 0 Å². The van der Waals surface area contributed by atoms with E-state index in [1.165, 1.54) is 0 Å². The highest BCUT2D eigenvalue weighted by molar-refractivity contribution is 6.30. The lowest BCUT2D eigenvalue weighted by atomic mass is 10.0. The van der Waals surface area contributed by atoms with Crippen LogP contribution in [0.3, 0.4) is 0 Å². The Labute approximate surface area is 133 Å². The highest BCUT2D eigenvalue weighted by Crippen LogP contribution is 2.29. The van der Waals surface area contributed by atoms with E-state index in [1.807, 2.05) is 19.1 Å². The van der Waals surface area contributed by atoms with Crippen LogP contribution in [0.15, 0.2) is 48.5 Å². The predicted octanol–water partition coefficient (Wildman–Crippen LogP) is 4.61. The molecule has 3 aromatic carbocycles. The number of benzene rings is 3. The van der Waals surface area contributed by atoms with Gasteiger partial charge < -0.3 is 10.2 Å². The Morgan fingerprint density at radius 2 is 1.73 bits per heavy atom. The zero-order valence-corrected chi connectivity index (χ0v) is 12.6. The molecule has 0 amide bonds. The van der Waals surface area contributed by atoms with Crippen LogP contribution in [0.1, 0.15) is 16.7 Å². The van der Waals surface area contributed by atoms with E-state index in [0.717, 1.165) is 21.9 Å². The van der Waals surface area contributed by atoms with Gasteiger partial charge in [-0.2, -0.15) is 0 Å². The van der Waals surface area contributed by atoms with Gasteiger partial charge in [0.2, 0.25) is 0 Å². The maximum Gasteiger partial charge on any atom is 0.131 e. The molecule has 108 valence electrons. The summed E-state index contributed by atoms with van der Waals surface area (Å²) in [5.74, 6) is 6.41. The molecule has 3 aromatic rings. The van der Waals surface area contributed by atoms with Crippen molar-refractivity contribution < 1.29 is 10.2 Å². The summed E-state index contributed by atoms with van der Waals surface area (Å²) in [7, 11) is 0. The summed E-state index contributed by atoms with van der Waals surface area (Å²) in [6.07, 6.45) is 0. The first-order valence-electron chi connectivity index (χ1n) is 6.77. The third kappa shape index (κ3) is 2.72. The second-order valence-corrected chi connectivity index (χ2v) is 5.51. The molecule has 0 atom stereocenters. The van der Waals surface area contributed by atoms with Crippen LogP contribution in [-0.4, -0.2) is 10.2 Å². The van der Waals surface area contributed by atoms with E-state index in [0.29, 0.717) is 10.6 Å². The molecule has 3 heteroatoms. The number of fused-ring (bicyclic) bond motifs is 1. The predicted molar refractivity (Wildman–Crippen MR) is 89.4 cm³/mol. The third-order valence-electron chi connectivity index (χ3n) is 3.49. The first-order chi connectivity index (χ1) is 10.5. The molecular weight excluding hydrogens is 296 g/mol. The number of phenolic OH excluding ortho intramolecular Hbond substituents is 2. The molecule has 0 bridgehead atoms. The maximum atomic E-state index is 10.1. The average Bonchev–Trinajstić information content (AvgIpc) is 2.48. The van der Waals surface area contributed by atoms with E-state index in [2.05, 4.69) is 11.8 Å². The first-order valence-corrected chi connectivity index (χ1v) is 7.15. The topological polar surface area (TPSA) is 40.5 Å². The quantitative estimate of drug-likeness (QED) is 0.595. The lowest BCUT2D eigenvalue weighted by molar-refractivity contribution is 0.473. The summed E-state index contributed by atoms with van der Waals surface area (Å²) in [5, 5.41) is 21.9. The summed E-state index contributed by atoms with van der Waals surface area (Å²) < 4.78 is 0. The standard InChI is InChI=1S/C19H13ClO2/c1-12-10-15(20)5-2-13(12)3-7-18-17-8-6-16(21)11-14(17)4-9-19(18)22/h2,4-6,8-11,21-22H,1H3. The van der Waals surface area contributed by atoms with Crippen molar-refractivity contribution in [1.29, 1.82) is 0 Å². The molecule has 0 heterocycles. The fourth-order valence-electron chi connectivity index (χ4n) is 2.33. The van der Waals surface area contributed by atoms with Gasteiger partial charge in [0.05, 0.1) is 5.56 Å². The molecular formula is C19H13ClO2. The maximum absolute atomic E-state index is 10.1. The van der Waals surface area contributed by atoms with Crippen molar-refractivity contribution in [3.05, 3.63) is 70.2 Å². The number of aryl methyl sites for hydroxylation is 1. The molecule has 22 heavy (non-hydrogen) atoms. The van der Waals surface area contributed by atoms with Crippen molar-refractivity contribution in [1.82, 2.24) is 0 Å². The molecule has 0 aromatic heterocycles. The van der Waals surface area contributed by atoms with Gasteiger partial charge in [0, 0.05) is 16.0 Å². The van der Waals surface area contributed by atoms with Gasteiger partial charge >= 0.3 is 0 Å². The van der Waals surface area contributed by atoms with Crippen LogP contribution in [0.4, 0.5) is 0 Å². The molecule has 0 aliphatic rings. The number of phenols is 2. The van der Waals surface area contributed by atoms with Crippen molar-refractivity contribution in [2.75, 3.05) is 0 Å². The van der Waals surface area contributed by atoms with Crippen LogP contribution in [0.5, 0.6) is 11.5 Å². The fourth-order valence-corrected chi connectivity index (χ4v) is 2.56. The normalized spacial score (nSPS) is 10.3. The Kier molecular flexibility index (Phi) is 3.66. The Morgan fingerprint density at radius 1 is 0.909 bits per heavy atom. The van der Waals surface area contributed by atoms with Crippen LogP contribution in [-0.2, 0) is 0 Å². The minimum atomic E-state index is 0.123. The average molecular weight is 309 g/mol. The van der Waals surface area contributed by atoms with Gasteiger partial charge in [-0.25, -0.2) is 0 Å². The molecule has 0 aliphatic carbocycles. The third-order valence-corrected chi connectivity index (χ3v) is 3.73. The molecule has 2 nitrogen and oxygen atoms in total. The molecule has 0 saturated carbocycles. The highest BCUT2D eigenvalue weighted by atomic mass is 35.5. The van der Waals surface area contributed by atoms with Crippen LogP contribution in [0.2, 0.25) is 5.02 Å². The Hall–Kier alpha value is -2.63. The fraction of sp³-hybridized carbons (Fsp3) is 0.0526. The number of rotatable bonds is 0. The molecule has 2 N–H and O–H groups in total. The highest BCUT2D eigenvalue weighted by Gasteiger charge is 2.05. The summed E-state index contributed by atoms with van der Waals surface area (Å²) in [6, 6.07) is 13.8. The lowest BCUT2D eigenvalue weighted by Crippen LogP contribution is -1.84. The second kappa shape index (κ2) is 5.63. The van der Waals surface area contributed by atoms with Crippen molar-refractivity contribution in [3.8, 4) is 23.3 Å². The lowest BCUT2D eigenvalue weighted by Gasteiger charge is -2.04. The van der Waals surface area contributed by atoms with Gasteiger partial charge in [-0.3, -0.25) is 0 Å². The van der Waals surface area contributed by atoms with E-state index in [4.69, 9.17) is 11.6 Å². The molecule has 0 radical (unpaired) electrons. The van der Waals surface area contributed by atoms with Gasteiger partial charge in [-0.1, -0.05) is 29.5 Å². The molecule has 3 rings (SSSR count). The Balaban J connectivity index is 2.15. The van der Waals surface area contributed by atoms with Gasteiger partial charge in [-0.05, 0) is 60.3 Å². The van der Waals surface area contributed by atoms with E-state index in [9.17, 15) is 10.2 Å². The van der Waals surface area contributed by atoms with Crippen LogP contribution < -0.4 is 0 Å². The van der Waals surface area contributed by atoms with Crippen LogP contribution in [0.25, 0.3) is 10.8 Å². The first kappa shape index (κ1) is 14.3. The Bertz CT molecular complexity index is 933. The summed E-state index contributed by atoms with van der Waals surface area (Å²) in [4.78, 5) is 0. The van der Waals surface area contributed by atoms with Crippen LogP contribution >= 0.6 is 11.6 Å². The van der Waals surface area contributed by atoms with E-state index in [1.54, 1.807) is 36.4 Å². The molecule has 0 fully saturated rings. The second-order valence-electron chi connectivity index (χ2n) is 5.07. The SMILES string of the molecule is Cc1cc(Cl)ccc1C#Cc1c(O)ccc2cc(O)ccc12. The van der Waals surface area contributed by atoms with Crippen molar-refractivity contribution in [2.45, 2.75) is 6.92 Å². The van der Waals surface area contributed by atoms with Crippen molar-refractivity contribution >= 4 is 22.4 Å². The minimum Gasteiger partial charge on any atom is -0.508 e. The molecule has 0 spiro atoms. The van der Waals surface area contributed by atoms with E-state index >= 15 is 0 Å². The number of hydrogen-bond donors (Lipinski definition) is 2.